The van der Waals surface area contributed by atoms with Crippen LogP contribution in [0.15, 0.2) is 48.5 Å². The zero-order valence-electron chi connectivity index (χ0n) is 12.4. The normalized spacial score (nSPS) is 15.9. The summed E-state index contributed by atoms with van der Waals surface area (Å²) < 4.78 is 5.59. The van der Waals surface area contributed by atoms with E-state index in [-0.39, 0.29) is 11.9 Å². The fourth-order valence-electron chi connectivity index (χ4n) is 2.58. The van der Waals surface area contributed by atoms with Crippen molar-refractivity contribution in [2.45, 2.75) is 12.5 Å². The van der Waals surface area contributed by atoms with Crippen molar-refractivity contribution in [3.8, 4) is 5.75 Å². The third-order valence-electron chi connectivity index (χ3n) is 3.68. The number of rotatable bonds is 3. The number of benzene rings is 2. The number of nitrogens with one attached hydrogen (secondary N) is 2. The van der Waals surface area contributed by atoms with E-state index in [9.17, 15) is 9.59 Å². The first-order valence-corrected chi connectivity index (χ1v) is 7.32. The zero-order chi connectivity index (χ0) is 16.2. The lowest BCUT2D eigenvalue weighted by Crippen LogP contribution is -2.32. The first-order valence-electron chi connectivity index (χ1n) is 7.32. The second kappa shape index (κ2) is 6.39. The molecule has 6 nitrogen and oxygen atoms in total. The molecule has 0 aliphatic carbocycles. The summed E-state index contributed by atoms with van der Waals surface area (Å²) in [7, 11) is 0. The summed E-state index contributed by atoms with van der Waals surface area (Å²) in [6.07, 6.45) is 0.726. The standard InChI is InChI=1S/C17H17N3O3/c18-17(22)19-12-7-5-11(6-8-12)16(21)20-14-9-10-23-15-4-2-1-3-13(14)15/h1-8,14H,9-10H2,(H,20,21)(H3,18,19,22)/t14-/m1/s1. The molecule has 23 heavy (non-hydrogen) atoms. The number of carbonyl (C=O) groups excluding carboxylic acids is 2. The number of amides is 3. The highest BCUT2D eigenvalue weighted by Crippen LogP contribution is 2.31. The molecule has 2 aromatic carbocycles. The molecule has 1 aliphatic rings. The van der Waals surface area contributed by atoms with Crippen molar-refractivity contribution in [3.05, 3.63) is 59.7 Å². The number of urea groups is 1. The minimum atomic E-state index is -0.638. The van der Waals surface area contributed by atoms with Crippen molar-refractivity contribution in [1.82, 2.24) is 5.32 Å². The van der Waals surface area contributed by atoms with Crippen molar-refractivity contribution >= 4 is 17.6 Å². The van der Waals surface area contributed by atoms with Crippen LogP contribution in [-0.2, 0) is 0 Å². The molecule has 2 aromatic rings. The van der Waals surface area contributed by atoms with Crippen LogP contribution in [0.25, 0.3) is 0 Å². The van der Waals surface area contributed by atoms with E-state index in [1.54, 1.807) is 24.3 Å². The largest absolute Gasteiger partial charge is 0.493 e. The summed E-state index contributed by atoms with van der Waals surface area (Å²) in [4.78, 5) is 23.2. The van der Waals surface area contributed by atoms with E-state index in [4.69, 9.17) is 10.5 Å². The molecule has 0 saturated heterocycles. The number of hydrogen-bond acceptors (Lipinski definition) is 3. The molecule has 0 aromatic heterocycles. The van der Waals surface area contributed by atoms with Crippen molar-refractivity contribution in [1.29, 1.82) is 0 Å². The lowest BCUT2D eigenvalue weighted by molar-refractivity contribution is 0.0925. The molecule has 0 bridgehead atoms. The Morgan fingerprint density at radius 3 is 2.57 bits per heavy atom. The molecule has 1 heterocycles. The van der Waals surface area contributed by atoms with Gasteiger partial charge < -0.3 is 21.1 Å². The lowest BCUT2D eigenvalue weighted by Gasteiger charge is -2.26. The van der Waals surface area contributed by atoms with Crippen molar-refractivity contribution in [2.24, 2.45) is 5.73 Å². The van der Waals surface area contributed by atoms with Gasteiger partial charge in [0.1, 0.15) is 5.75 Å². The Kier molecular flexibility index (Phi) is 4.14. The number of anilines is 1. The van der Waals surface area contributed by atoms with E-state index < -0.39 is 6.03 Å². The van der Waals surface area contributed by atoms with Crippen LogP contribution >= 0.6 is 0 Å². The van der Waals surface area contributed by atoms with Crippen LogP contribution in [0.1, 0.15) is 28.4 Å². The Morgan fingerprint density at radius 2 is 1.83 bits per heavy atom. The molecular weight excluding hydrogens is 294 g/mol. The predicted molar refractivity (Wildman–Crippen MR) is 86.4 cm³/mol. The van der Waals surface area contributed by atoms with E-state index in [2.05, 4.69) is 10.6 Å². The van der Waals surface area contributed by atoms with Crippen LogP contribution in [0.2, 0.25) is 0 Å². The first-order chi connectivity index (χ1) is 11.1. The lowest BCUT2D eigenvalue weighted by atomic mass is 10.00. The van der Waals surface area contributed by atoms with Gasteiger partial charge in [0, 0.05) is 23.2 Å². The molecule has 3 amide bonds. The van der Waals surface area contributed by atoms with Gasteiger partial charge in [-0.1, -0.05) is 18.2 Å². The van der Waals surface area contributed by atoms with Crippen LogP contribution in [0.3, 0.4) is 0 Å². The number of carbonyl (C=O) groups is 2. The van der Waals surface area contributed by atoms with Crippen LogP contribution < -0.4 is 21.1 Å². The summed E-state index contributed by atoms with van der Waals surface area (Å²) in [5.74, 6) is 0.641. The van der Waals surface area contributed by atoms with Crippen LogP contribution in [0.5, 0.6) is 5.75 Å². The summed E-state index contributed by atoms with van der Waals surface area (Å²) >= 11 is 0. The van der Waals surface area contributed by atoms with Crippen LogP contribution in [-0.4, -0.2) is 18.5 Å². The highest BCUT2D eigenvalue weighted by Gasteiger charge is 2.22. The molecule has 118 valence electrons. The van der Waals surface area contributed by atoms with Crippen molar-refractivity contribution < 1.29 is 14.3 Å². The molecule has 0 fully saturated rings. The monoisotopic (exact) mass is 311 g/mol. The number of nitrogens with two attached hydrogens (primary N) is 1. The second-order valence-corrected chi connectivity index (χ2v) is 5.27. The molecule has 0 radical (unpaired) electrons. The number of ether oxygens (including phenoxy) is 1. The van der Waals surface area contributed by atoms with Crippen LogP contribution in [0, 0.1) is 0 Å². The van der Waals surface area contributed by atoms with E-state index in [0.29, 0.717) is 17.9 Å². The third kappa shape index (κ3) is 3.42. The van der Waals surface area contributed by atoms with Gasteiger partial charge in [-0.05, 0) is 30.3 Å². The minimum Gasteiger partial charge on any atom is -0.493 e. The highest BCUT2D eigenvalue weighted by atomic mass is 16.5. The smallest absolute Gasteiger partial charge is 0.316 e. The van der Waals surface area contributed by atoms with E-state index in [1.807, 2.05) is 24.3 Å². The molecule has 3 rings (SSSR count). The van der Waals surface area contributed by atoms with Gasteiger partial charge in [-0.15, -0.1) is 0 Å². The maximum absolute atomic E-state index is 12.4. The summed E-state index contributed by atoms with van der Waals surface area (Å²) in [5, 5.41) is 5.48. The van der Waals surface area contributed by atoms with Gasteiger partial charge in [0.2, 0.25) is 0 Å². The van der Waals surface area contributed by atoms with Gasteiger partial charge in [-0.2, -0.15) is 0 Å². The minimum absolute atomic E-state index is 0.0733. The third-order valence-corrected chi connectivity index (χ3v) is 3.68. The molecule has 1 atom stereocenters. The van der Waals surface area contributed by atoms with E-state index >= 15 is 0 Å². The van der Waals surface area contributed by atoms with Gasteiger partial charge in [0.05, 0.1) is 12.6 Å². The van der Waals surface area contributed by atoms with Gasteiger partial charge in [-0.25, -0.2) is 4.79 Å². The SMILES string of the molecule is NC(=O)Nc1ccc(C(=O)N[C@@H]2CCOc3ccccc32)cc1. The molecular formula is C17H17N3O3. The Morgan fingerprint density at radius 1 is 1.09 bits per heavy atom. The molecule has 4 N–H and O–H groups in total. The molecule has 0 saturated carbocycles. The van der Waals surface area contributed by atoms with Gasteiger partial charge in [0.15, 0.2) is 0 Å². The van der Waals surface area contributed by atoms with Crippen molar-refractivity contribution in [3.63, 3.8) is 0 Å². The average Bonchev–Trinajstić information content (AvgIpc) is 2.55. The van der Waals surface area contributed by atoms with Crippen molar-refractivity contribution in [2.75, 3.05) is 11.9 Å². The van der Waals surface area contributed by atoms with E-state index in [1.165, 1.54) is 0 Å². The molecule has 0 unspecified atom stereocenters. The molecule has 6 heteroatoms. The van der Waals surface area contributed by atoms with Gasteiger partial charge in [0.25, 0.3) is 5.91 Å². The summed E-state index contributed by atoms with van der Waals surface area (Å²) in [6, 6.07) is 13.5. The zero-order valence-corrected chi connectivity index (χ0v) is 12.4. The Bertz CT molecular complexity index is 728. The van der Waals surface area contributed by atoms with Gasteiger partial charge in [-0.3, -0.25) is 4.79 Å². The number of primary amides is 1. The summed E-state index contributed by atoms with van der Waals surface area (Å²) in [5.41, 5.74) is 7.10. The van der Waals surface area contributed by atoms with Gasteiger partial charge >= 0.3 is 6.03 Å². The Hall–Kier alpha value is -3.02. The van der Waals surface area contributed by atoms with E-state index in [0.717, 1.165) is 17.7 Å². The maximum atomic E-state index is 12.4. The predicted octanol–water partition coefficient (Wildman–Crippen LogP) is 2.43. The highest BCUT2D eigenvalue weighted by molar-refractivity contribution is 5.95. The quantitative estimate of drug-likeness (QED) is 0.812. The fourth-order valence-corrected chi connectivity index (χ4v) is 2.58. The second-order valence-electron chi connectivity index (χ2n) is 5.27. The topological polar surface area (TPSA) is 93.5 Å². The average molecular weight is 311 g/mol. The maximum Gasteiger partial charge on any atom is 0.316 e. The molecule has 0 spiro atoms. The molecule has 1 aliphatic heterocycles. The number of hydrogen-bond donors (Lipinski definition) is 3. The summed E-state index contributed by atoms with van der Waals surface area (Å²) in [6.45, 7) is 0.573. The Balaban J connectivity index is 1.71. The number of fused-ring (bicyclic) bond motifs is 1. The Labute approximate surface area is 133 Å². The first kappa shape index (κ1) is 14.9. The van der Waals surface area contributed by atoms with Crippen LogP contribution in [0.4, 0.5) is 10.5 Å². The number of para-hydroxylation sites is 1. The fraction of sp³-hybridized carbons (Fsp3) is 0.176.